The van der Waals surface area contributed by atoms with Crippen molar-refractivity contribution in [2.75, 3.05) is 0 Å². The molecule has 2 atom stereocenters. The maximum Gasteiger partial charge on any atom is 0.143 e. The SMILES string of the molecule is CCCC[Si](CCCC)(CCCC)c1ccc(P(c2cccc3ccoc23)N(C(C)C)P(c2ccc([Si](CCCC)(CCCC)CCCC)cc2)c2cccc3ccoc23)cc1. The van der Waals surface area contributed by atoms with Gasteiger partial charge in [0.05, 0.1) is 28.7 Å². The summed E-state index contributed by atoms with van der Waals surface area (Å²) in [6.07, 6.45) is 19.5. The van der Waals surface area contributed by atoms with Gasteiger partial charge in [0.25, 0.3) is 0 Å². The number of benzene rings is 4. The number of hydrogen-bond acceptors (Lipinski definition) is 3. The van der Waals surface area contributed by atoms with Crippen LogP contribution in [0.5, 0.6) is 0 Å². The number of fused-ring (bicyclic) bond motifs is 2. The lowest BCUT2D eigenvalue weighted by atomic mass is 10.3. The zero-order chi connectivity index (χ0) is 44.0. The predicted octanol–water partition coefficient (Wildman–Crippen LogP) is 15.4. The van der Waals surface area contributed by atoms with Crippen molar-refractivity contribution in [1.82, 2.24) is 4.44 Å². The van der Waals surface area contributed by atoms with Crippen molar-refractivity contribution in [2.24, 2.45) is 0 Å². The van der Waals surface area contributed by atoms with E-state index in [1.54, 1.807) is 10.4 Å². The molecule has 0 aliphatic rings. The molecule has 62 heavy (non-hydrogen) atoms. The van der Waals surface area contributed by atoms with Gasteiger partial charge >= 0.3 is 0 Å². The van der Waals surface area contributed by atoms with E-state index in [0.29, 0.717) is 0 Å². The van der Waals surface area contributed by atoms with Gasteiger partial charge in [-0.15, -0.1) is 0 Å². The average Bonchev–Trinajstić information content (AvgIpc) is 4.00. The van der Waals surface area contributed by atoms with Gasteiger partial charge < -0.3 is 8.83 Å². The molecule has 7 heteroatoms. The molecule has 0 bridgehead atoms. The van der Waals surface area contributed by atoms with Crippen LogP contribution in [0.15, 0.2) is 118 Å². The minimum absolute atomic E-state index is 0.237. The van der Waals surface area contributed by atoms with E-state index >= 15 is 0 Å². The van der Waals surface area contributed by atoms with Crippen LogP contribution in [0.2, 0.25) is 36.3 Å². The van der Waals surface area contributed by atoms with E-state index in [9.17, 15) is 0 Å². The Hall–Kier alpha value is -2.79. The number of furan rings is 2. The second-order valence-corrected chi connectivity index (χ2v) is 32.2. The zero-order valence-electron chi connectivity index (χ0n) is 39.9. The van der Waals surface area contributed by atoms with Crippen LogP contribution in [-0.2, 0) is 0 Å². The summed E-state index contributed by atoms with van der Waals surface area (Å²) in [5.74, 6) is 0. The van der Waals surface area contributed by atoms with Gasteiger partial charge in [-0.25, -0.2) is 4.44 Å². The Morgan fingerprint density at radius 3 is 1.05 bits per heavy atom. The molecular formula is C55H79NO2P2Si2. The highest BCUT2D eigenvalue weighted by atomic mass is 31.2. The van der Waals surface area contributed by atoms with Crippen LogP contribution in [0.3, 0.4) is 0 Å². The highest BCUT2D eigenvalue weighted by Crippen LogP contribution is 2.57. The van der Waals surface area contributed by atoms with Crippen molar-refractivity contribution >= 4 is 85.8 Å². The summed E-state index contributed by atoms with van der Waals surface area (Å²) < 4.78 is 15.9. The van der Waals surface area contributed by atoms with Crippen LogP contribution in [-0.4, -0.2) is 26.6 Å². The molecule has 2 aromatic heterocycles. The summed E-state index contributed by atoms with van der Waals surface area (Å²) in [5.41, 5.74) is 2.04. The second kappa shape index (κ2) is 23.9. The zero-order valence-corrected chi connectivity index (χ0v) is 43.6. The van der Waals surface area contributed by atoms with E-state index in [-0.39, 0.29) is 6.04 Å². The Labute approximate surface area is 381 Å². The van der Waals surface area contributed by atoms with Crippen molar-refractivity contribution in [3.05, 3.63) is 110 Å². The molecule has 3 nitrogen and oxygen atoms in total. The molecule has 4 aromatic carbocycles. The van der Waals surface area contributed by atoms with Crippen molar-refractivity contribution in [2.45, 2.75) is 175 Å². The molecule has 0 saturated carbocycles. The summed E-state index contributed by atoms with van der Waals surface area (Å²) >= 11 is 0. The van der Waals surface area contributed by atoms with Crippen molar-refractivity contribution < 1.29 is 8.83 Å². The van der Waals surface area contributed by atoms with E-state index in [1.807, 2.05) is 12.5 Å². The lowest BCUT2D eigenvalue weighted by molar-refractivity contribution is 0.582. The number of nitrogens with zero attached hydrogens (tertiary/aromatic N) is 1. The highest BCUT2D eigenvalue weighted by Gasteiger charge is 2.39. The third-order valence-corrected chi connectivity index (χ3v) is 30.7. The van der Waals surface area contributed by atoms with Crippen molar-refractivity contribution in [3.63, 3.8) is 0 Å². The van der Waals surface area contributed by atoms with Crippen molar-refractivity contribution in [1.29, 1.82) is 0 Å². The molecule has 6 aromatic rings. The van der Waals surface area contributed by atoms with Crippen LogP contribution >= 0.6 is 16.1 Å². The number of para-hydroxylation sites is 2. The fourth-order valence-electron chi connectivity index (χ4n) is 10.2. The summed E-state index contributed by atoms with van der Waals surface area (Å²) in [6, 6.07) is 47.3. The Kier molecular flexibility index (Phi) is 18.8. The molecule has 2 heterocycles. The lowest BCUT2D eigenvalue weighted by Crippen LogP contribution is -2.48. The Bertz CT molecular complexity index is 2010. The summed E-state index contributed by atoms with van der Waals surface area (Å²) in [4.78, 5) is 0. The normalized spacial score (nSPS) is 13.5. The van der Waals surface area contributed by atoms with Crippen LogP contribution in [0.4, 0.5) is 0 Å². The molecule has 0 aliphatic heterocycles. The van der Waals surface area contributed by atoms with Crippen LogP contribution in [0, 0.1) is 0 Å². The quantitative estimate of drug-likeness (QED) is 0.0381. The maximum absolute atomic E-state index is 6.48. The Morgan fingerprint density at radius 1 is 0.435 bits per heavy atom. The Balaban J connectivity index is 1.56. The van der Waals surface area contributed by atoms with E-state index in [2.05, 4.69) is 157 Å². The smallest absolute Gasteiger partial charge is 0.143 e. The monoisotopic (exact) mass is 904 g/mol. The summed E-state index contributed by atoms with van der Waals surface area (Å²) in [6.45, 7) is 19.1. The predicted molar refractivity (Wildman–Crippen MR) is 284 cm³/mol. The first-order valence-corrected chi connectivity index (χ1v) is 32.7. The van der Waals surface area contributed by atoms with E-state index in [0.717, 1.165) is 11.2 Å². The highest BCUT2D eigenvalue weighted by molar-refractivity contribution is 7.85. The van der Waals surface area contributed by atoms with Crippen LogP contribution < -0.4 is 31.6 Å². The van der Waals surface area contributed by atoms with E-state index < -0.39 is 32.3 Å². The molecule has 2 unspecified atom stereocenters. The summed E-state index contributed by atoms with van der Waals surface area (Å²) in [7, 11) is -5.44. The van der Waals surface area contributed by atoms with Gasteiger partial charge in [0.1, 0.15) is 11.2 Å². The molecule has 0 radical (unpaired) electrons. The first kappa shape index (κ1) is 48.7. The average molecular weight is 904 g/mol. The lowest BCUT2D eigenvalue weighted by Gasteiger charge is -2.42. The standard InChI is InChI=1S/C55H79NO2P2Si2/c1-9-15-39-61(40-16-10-2,41-17-11-3)50-31-27-48(28-32-50)59(52-25-21-23-46-35-37-57-54(46)52)56(45(7)8)60(53-26-22-24-47-36-38-58-55(47)53)49-29-33-51(34-30-49)62(42-18-12-4,43-19-13-5)44-20-14-6/h21-38,45H,9-20,39-44H2,1-8H3. The molecule has 0 spiro atoms. The van der Waals surface area contributed by atoms with Crippen molar-refractivity contribution in [3.8, 4) is 0 Å². The van der Waals surface area contributed by atoms with Gasteiger partial charge in [0.15, 0.2) is 0 Å². The number of unbranched alkanes of at least 4 members (excludes halogenated alkanes) is 6. The molecule has 0 saturated heterocycles. The first-order valence-electron chi connectivity index (χ1n) is 24.8. The van der Waals surface area contributed by atoms with Gasteiger partial charge in [-0.3, -0.25) is 0 Å². The molecule has 0 aliphatic carbocycles. The minimum atomic E-state index is -1.68. The van der Waals surface area contributed by atoms with Gasteiger partial charge in [-0.2, -0.15) is 0 Å². The molecule has 0 N–H and O–H groups in total. The molecule has 334 valence electrons. The number of rotatable bonds is 27. The maximum atomic E-state index is 6.48. The van der Waals surface area contributed by atoms with Crippen LogP contribution in [0.1, 0.15) is 132 Å². The molecule has 0 amide bonds. The van der Waals surface area contributed by atoms with Crippen LogP contribution in [0.25, 0.3) is 21.9 Å². The topological polar surface area (TPSA) is 29.5 Å². The van der Waals surface area contributed by atoms with Gasteiger partial charge in [-0.1, -0.05) is 238 Å². The molecular weight excluding hydrogens is 825 g/mol. The Morgan fingerprint density at radius 2 is 0.758 bits per heavy atom. The van der Waals surface area contributed by atoms with E-state index in [4.69, 9.17) is 8.83 Å². The third kappa shape index (κ3) is 11.2. The van der Waals surface area contributed by atoms with Gasteiger partial charge in [-0.05, 0) is 48.7 Å². The fourth-order valence-corrected chi connectivity index (χ4v) is 27.7. The fraction of sp³-hybridized carbons (Fsp3) is 0.491. The third-order valence-electron chi connectivity index (χ3n) is 13.7. The molecule has 0 fully saturated rings. The number of hydrogen-bond donors (Lipinski definition) is 0. The minimum Gasteiger partial charge on any atom is -0.464 e. The largest absolute Gasteiger partial charge is 0.464 e. The summed E-state index contributed by atoms with van der Waals surface area (Å²) in [5, 5.41) is 11.1. The van der Waals surface area contributed by atoms with Gasteiger partial charge in [0.2, 0.25) is 0 Å². The van der Waals surface area contributed by atoms with E-state index in [1.165, 1.54) is 145 Å². The first-order chi connectivity index (χ1) is 30.3. The second-order valence-electron chi connectivity index (χ2n) is 18.5. The molecule has 6 rings (SSSR count). The van der Waals surface area contributed by atoms with Gasteiger partial charge in [0, 0.05) is 43.6 Å².